The largest absolute Gasteiger partial charge is 0.370 e. The molecule has 84 valence electrons. The minimum absolute atomic E-state index is 0.0637. The molecule has 0 amide bonds. The zero-order valence-corrected chi connectivity index (χ0v) is 10.4. The molecule has 4 heteroatoms. The Morgan fingerprint density at radius 2 is 2.33 bits per heavy atom. The summed E-state index contributed by atoms with van der Waals surface area (Å²) in [6.45, 7) is 7.90. The third-order valence-electron chi connectivity index (χ3n) is 2.19. The second-order valence-corrected chi connectivity index (χ2v) is 5.04. The Bertz CT molecular complexity index is 315. The lowest BCUT2D eigenvalue weighted by molar-refractivity contribution is 0.550. The van der Waals surface area contributed by atoms with Gasteiger partial charge in [-0.1, -0.05) is 19.9 Å². The highest BCUT2D eigenvalue weighted by atomic mass is 32.1. The van der Waals surface area contributed by atoms with Crippen LogP contribution in [0, 0.1) is 0 Å². The number of hydrogen-bond acceptors (Lipinski definition) is 2. The Morgan fingerprint density at radius 1 is 1.60 bits per heavy atom. The number of nitrogens with zero attached hydrogens (tertiary/aromatic N) is 1. The Labute approximate surface area is 95.4 Å². The average molecular weight is 225 g/mol. The van der Waals surface area contributed by atoms with Gasteiger partial charge in [0.25, 0.3) is 0 Å². The molecular weight excluding hydrogens is 206 g/mol. The molecule has 0 aliphatic rings. The second-order valence-electron chi connectivity index (χ2n) is 4.09. The standard InChI is InChI=1S/C11H19N3S/c1-4-13-10(12)14-8-11(2,3)9-6-5-7-15-9/h5-7H,4,8H2,1-3H3,(H3,12,13,14). The lowest BCUT2D eigenvalue weighted by Gasteiger charge is -2.20. The molecule has 0 fully saturated rings. The van der Waals surface area contributed by atoms with Gasteiger partial charge in [-0.15, -0.1) is 11.3 Å². The molecule has 0 saturated heterocycles. The molecule has 0 spiro atoms. The number of guanidine groups is 1. The minimum Gasteiger partial charge on any atom is -0.370 e. The van der Waals surface area contributed by atoms with Crippen LogP contribution in [0.1, 0.15) is 25.6 Å². The normalized spacial score (nSPS) is 12.9. The van der Waals surface area contributed by atoms with Crippen molar-refractivity contribution in [2.75, 3.05) is 13.1 Å². The first-order chi connectivity index (χ1) is 7.06. The molecule has 0 saturated carbocycles. The molecule has 0 aliphatic carbocycles. The molecule has 1 rings (SSSR count). The van der Waals surface area contributed by atoms with Crippen molar-refractivity contribution in [2.24, 2.45) is 10.7 Å². The summed E-state index contributed by atoms with van der Waals surface area (Å²) >= 11 is 1.76. The first-order valence-electron chi connectivity index (χ1n) is 5.14. The van der Waals surface area contributed by atoms with E-state index in [4.69, 9.17) is 5.73 Å². The van der Waals surface area contributed by atoms with Gasteiger partial charge in [-0.25, -0.2) is 0 Å². The maximum Gasteiger partial charge on any atom is 0.188 e. The smallest absolute Gasteiger partial charge is 0.188 e. The maximum absolute atomic E-state index is 5.69. The van der Waals surface area contributed by atoms with E-state index in [0.717, 1.165) is 6.54 Å². The maximum atomic E-state index is 5.69. The molecule has 15 heavy (non-hydrogen) atoms. The fraction of sp³-hybridized carbons (Fsp3) is 0.545. The third-order valence-corrected chi connectivity index (χ3v) is 3.43. The lowest BCUT2D eigenvalue weighted by Crippen LogP contribution is -2.33. The van der Waals surface area contributed by atoms with Crippen LogP contribution in [0.5, 0.6) is 0 Å². The number of rotatable bonds is 4. The van der Waals surface area contributed by atoms with Crippen LogP contribution in [0.2, 0.25) is 0 Å². The van der Waals surface area contributed by atoms with Crippen LogP contribution >= 0.6 is 11.3 Å². The first-order valence-corrected chi connectivity index (χ1v) is 6.02. The van der Waals surface area contributed by atoms with Crippen molar-refractivity contribution < 1.29 is 0 Å². The van der Waals surface area contributed by atoms with E-state index < -0.39 is 0 Å². The first kappa shape index (κ1) is 12.0. The van der Waals surface area contributed by atoms with Gasteiger partial charge >= 0.3 is 0 Å². The fourth-order valence-electron chi connectivity index (χ4n) is 1.26. The zero-order valence-electron chi connectivity index (χ0n) is 9.58. The van der Waals surface area contributed by atoms with E-state index in [1.807, 2.05) is 6.92 Å². The average Bonchev–Trinajstić information content (AvgIpc) is 2.69. The summed E-state index contributed by atoms with van der Waals surface area (Å²) in [4.78, 5) is 5.67. The Kier molecular flexibility index (Phi) is 4.15. The molecule has 1 aromatic rings. The summed E-state index contributed by atoms with van der Waals surface area (Å²) in [7, 11) is 0. The van der Waals surface area contributed by atoms with Crippen LogP contribution in [0.3, 0.4) is 0 Å². The van der Waals surface area contributed by atoms with Crippen molar-refractivity contribution in [2.45, 2.75) is 26.2 Å². The quantitative estimate of drug-likeness (QED) is 0.608. The topological polar surface area (TPSA) is 50.4 Å². The summed E-state index contributed by atoms with van der Waals surface area (Å²) in [5.74, 6) is 0.530. The van der Waals surface area contributed by atoms with Crippen LogP contribution < -0.4 is 11.1 Å². The number of aliphatic imine (C=N–C) groups is 1. The van der Waals surface area contributed by atoms with Crippen LogP contribution in [0.25, 0.3) is 0 Å². The predicted molar refractivity (Wildman–Crippen MR) is 67.5 cm³/mol. The van der Waals surface area contributed by atoms with E-state index in [0.29, 0.717) is 12.5 Å². The summed E-state index contributed by atoms with van der Waals surface area (Å²) in [5.41, 5.74) is 5.75. The van der Waals surface area contributed by atoms with E-state index in [-0.39, 0.29) is 5.41 Å². The Hall–Kier alpha value is -1.03. The summed E-state index contributed by atoms with van der Waals surface area (Å²) in [6, 6.07) is 4.21. The van der Waals surface area contributed by atoms with E-state index in [2.05, 4.69) is 41.7 Å². The molecule has 3 N–H and O–H groups in total. The fourth-order valence-corrected chi connectivity index (χ4v) is 2.11. The summed E-state index contributed by atoms with van der Waals surface area (Å²) < 4.78 is 0. The van der Waals surface area contributed by atoms with Gasteiger partial charge in [0, 0.05) is 16.8 Å². The van der Waals surface area contributed by atoms with Gasteiger partial charge in [0.05, 0.1) is 6.54 Å². The van der Waals surface area contributed by atoms with Crippen molar-refractivity contribution in [1.82, 2.24) is 5.32 Å². The molecule has 0 atom stereocenters. The van der Waals surface area contributed by atoms with Gasteiger partial charge in [0.15, 0.2) is 5.96 Å². The highest BCUT2D eigenvalue weighted by Gasteiger charge is 2.21. The van der Waals surface area contributed by atoms with Gasteiger partial charge in [-0.05, 0) is 18.4 Å². The van der Waals surface area contributed by atoms with E-state index in [9.17, 15) is 0 Å². The van der Waals surface area contributed by atoms with Gasteiger partial charge in [-0.3, -0.25) is 4.99 Å². The molecular formula is C11H19N3S. The molecule has 3 nitrogen and oxygen atoms in total. The molecule has 1 aromatic heterocycles. The van der Waals surface area contributed by atoms with Gasteiger partial charge < -0.3 is 11.1 Å². The van der Waals surface area contributed by atoms with Crippen molar-refractivity contribution >= 4 is 17.3 Å². The Morgan fingerprint density at radius 3 is 2.87 bits per heavy atom. The minimum atomic E-state index is 0.0637. The van der Waals surface area contributed by atoms with E-state index >= 15 is 0 Å². The van der Waals surface area contributed by atoms with Gasteiger partial charge in [0.1, 0.15) is 0 Å². The monoisotopic (exact) mass is 225 g/mol. The van der Waals surface area contributed by atoms with E-state index in [1.54, 1.807) is 11.3 Å². The van der Waals surface area contributed by atoms with Crippen molar-refractivity contribution in [3.05, 3.63) is 22.4 Å². The molecule has 0 bridgehead atoms. The predicted octanol–water partition coefficient (Wildman–Crippen LogP) is 1.95. The summed E-state index contributed by atoms with van der Waals surface area (Å²) in [5, 5.41) is 5.09. The van der Waals surface area contributed by atoms with Gasteiger partial charge in [0.2, 0.25) is 0 Å². The molecule has 0 radical (unpaired) electrons. The van der Waals surface area contributed by atoms with Crippen LogP contribution in [-0.2, 0) is 5.41 Å². The van der Waals surface area contributed by atoms with Crippen LogP contribution in [-0.4, -0.2) is 19.0 Å². The second kappa shape index (κ2) is 5.16. The number of nitrogens with two attached hydrogens (primary N) is 1. The van der Waals surface area contributed by atoms with Crippen molar-refractivity contribution in [3.8, 4) is 0 Å². The summed E-state index contributed by atoms with van der Waals surface area (Å²) in [6.07, 6.45) is 0. The number of hydrogen-bond donors (Lipinski definition) is 2. The van der Waals surface area contributed by atoms with Crippen LogP contribution in [0.15, 0.2) is 22.5 Å². The molecule has 0 unspecified atom stereocenters. The zero-order chi connectivity index (χ0) is 11.3. The number of nitrogens with one attached hydrogen (secondary N) is 1. The van der Waals surface area contributed by atoms with Crippen LogP contribution in [0.4, 0.5) is 0 Å². The van der Waals surface area contributed by atoms with Gasteiger partial charge in [-0.2, -0.15) is 0 Å². The molecule has 1 heterocycles. The molecule has 0 aromatic carbocycles. The Balaban J connectivity index is 2.61. The lowest BCUT2D eigenvalue weighted by atomic mass is 9.92. The van der Waals surface area contributed by atoms with Crippen molar-refractivity contribution in [1.29, 1.82) is 0 Å². The molecule has 0 aliphatic heterocycles. The highest BCUT2D eigenvalue weighted by Crippen LogP contribution is 2.27. The highest BCUT2D eigenvalue weighted by molar-refractivity contribution is 7.10. The van der Waals surface area contributed by atoms with Crippen molar-refractivity contribution in [3.63, 3.8) is 0 Å². The third kappa shape index (κ3) is 3.55. The SMILES string of the molecule is CCNC(N)=NCC(C)(C)c1cccs1. The van der Waals surface area contributed by atoms with E-state index in [1.165, 1.54) is 4.88 Å². The number of thiophene rings is 1.